The van der Waals surface area contributed by atoms with Crippen LogP contribution in [0.2, 0.25) is 0 Å². The van der Waals surface area contributed by atoms with Crippen LogP contribution in [0.25, 0.3) is 0 Å². The van der Waals surface area contributed by atoms with E-state index >= 15 is 0 Å². The van der Waals surface area contributed by atoms with Crippen molar-refractivity contribution < 1.29 is 23.5 Å². The summed E-state index contributed by atoms with van der Waals surface area (Å²) in [5.74, 6) is 0.959. The molecule has 1 aromatic carbocycles. The van der Waals surface area contributed by atoms with Gasteiger partial charge >= 0.3 is 7.32 Å². The van der Waals surface area contributed by atoms with Crippen LogP contribution in [0.3, 0.4) is 0 Å². The van der Waals surface area contributed by atoms with Gasteiger partial charge in [-0.3, -0.25) is 0 Å². The Morgan fingerprint density at radius 1 is 0.967 bits per heavy atom. The van der Waals surface area contributed by atoms with Crippen LogP contribution in [0, 0.1) is 35.3 Å². The van der Waals surface area contributed by atoms with Crippen LogP contribution < -0.4 is 4.65 Å². The van der Waals surface area contributed by atoms with Gasteiger partial charge in [0.25, 0.3) is 0 Å². The minimum Gasteiger partial charge on any atom is -0.508 e. The summed E-state index contributed by atoms with van der Waals surface area (Å²) in [5.41, 5.74) is 0.644. The molecule has 2 aliphatic carbocycles. The third kappa shape index (κ3) is 6.19. The number of hydrogen-bond acceptors (Lipinski definition) is 3. The van der Waals surface area contributed by atoms with E-state index in [1.165, 1.54) is 57.1 Å². The molecule has 30 heavy (non-hydrogen) atoms. The average Bonchev–Trinajstić information content (AvgIpc) is 2.72. The number of halogens is 2. The van der Waals surface area contributed by atoms with Gasteiger partial charge in [0.15, 0.2) is 17.4 Å². The predicted octanol–water partition coefficient (Wildman–Crippen LogP) is 6.22. The topological polar surface area (TPSA) is 49.7 Å². The van der Waals surface area contributed by atoms with Gasteiger partial charge in [-0.1, -0.05) is 39.5 Å². The molecule has 168 valence electrons. The van der Waals surface area contributed by atoms with Gasteiger partial charge in [-0.2, -0.15) is 0 Å². The summed E-state index contributed by atoms with van der Waals surface area (Å²) >= 11 is 0. The molecule has 1 atom stereocenters. The zero-order chi connectivity index (χ0) is 21.7. The molecule has 0 saturated heterocycles. The first-order valence-corrected chi connectivity index (χ1v) is 11.9. The van der Waals surface area contributed by atoms with Crippen molar-refractivity contribution in [2.75, 3.05) is 0 Å². The Labute approximate surface area is 180 Å². The van der Waals surface area contributed by atoms with Gasteiger partial charge in [0.05, 0.1) is 0 Å². The van der Waals surface area contributed by atoms with E-state index in [-0.39, 0.29) is 5.92 Å². The maximum Gasteiger partial charge on any atom is 0.707 e. The van der Waals surface area contributed by atoms with Crippen LogP contribution in [-0.2, 0) is 0 Å². The molecule has 0 amide bonds. The first-order chi connectivity index (χ1) is 14.4. The second-order valence-corrected chi connectivity index (χ2v) is 9.76. The zero-order valence-corrected chi connectivity index (χ0v) is 18.5. The average molecular weight is 422 g/mol. The van der Waals surface area contributed by atoms with Crippen molar-refractivity contribution in [2.24, 2.45) is 23.7 Å². The van der Waals surface area contributed by atoms with Crippen LogP contribution in [0.1, 0.15) is 96.0 Å². The maximum absolute atomic E-state index is 14.2. The summed E-state index contributed by atoms with van der Waals surface area (Å²) < 4.78 is 32.8. The van der Waals surface area contributed by atoms with E-state index in [1.54, 1.807) is 0 Å². The van der Waals surface area contributed by atoms with Gasteiger partial charge in [-0.15, -0.1) is 0 Å². The van der Waals surface area contributed by atoms with Gasteiger partial charge < -0.3 is 14.7 Å². The van der Waals surface area contributed by atoms with Crippen LogP contribution in [-0.4, -0.2) is 17.4 Å². The minimum atomic E-state index is -2.24. The van der Waals surface area contributed by atoms with Gasteiger partial charge in [0.1, 0.15) is 0 Å². The molecule has 2 saturated carbocycles. The standard InChI is InChI=1S/C24H37BF2O3/c1-3-4-17-5-9-19(10-6-17)16(2)13-18-7-11-20(12-8-18)21-14-22(26)24(23(27)15-21)30-25(28)29/h14-20,28-29H,3-13H2,1-2H3. The molecule has 0 aromatic heterocycles. The summed E-state index contributed by atoms with van der Waals surface area (Å²) in [5, 5.41) is 17.6. The van der Waals surface area contributed by atoms with Gasteiger partial charge in [-0.25, -0.2) is 8.78 Å². The van der Waals surface area contributed by atoms with Crippen molar-refractivity contribution in [3.05, 3.63) is 29.3 Å². The molecule has 6 heteroatoms. The number of benzene rings is 1. The minimum absolute atomic E-state index is 0.151. The third-order valence-electron chi connectivity index (χ3n) is 7.66. The van der Waals surface area contributed by atoms with Crippen LogP contribution in [0.4, 0.5) is 8.78 Å². The van der Waals surface area contributed by atoms with E-state index in [0.29, 0.717) is 11.5 Å². The molecule has 1 aromatic rings. The van der Waals surface area contributed by atoms with Crippen LogP contribution in [0.5, 0.6) is 5.75 Å². The summed E-state index contributed by atoms with van der Waals surface area (Å²) in [6, 6.07) is 2.56. The molecular weight excluding hydrogens is 385 g/mol. The highest BCUT2D eigenvalue weighted by atomic mass is 19.1. The Bertz CT molecular complexity index is 645. The van der Waals surface area contributed by atoms with E-state index < -0.39 is 24.7 Å². The summed E-state index contributed by atoms with van der Waals surface area (Å²) in [4.78, 5) is 0. The molecule has 2 fully saturated rings. The first-order valence-electron chi connectivity index (χ1n) is 11.9. The number of hydrogen-bond donors (Lipinski definition) is 2. The lowest BCUT2D eigenvalue weighted by Gasteiger charge is -2.36. The second kappa shape index (κ2) is 10.9. The fourth-order valence-corrected chi connectivity index (χ4v) is 5.94. The van der Waals surface area contributed by atoms with E-state index in [9.17, 15) is 8.78 Å². The molecular formula is C24H37BF2O3. The lowest BCUT2D eigenvalue weighted by atomic mass is 9.70. The van der Waals surface area contributed by atoms with E-state index in [2.05, 4.69) is 18.5 Å². The lowest BCUT2D eigenvalue weighted by Crippen LogP contribution is -2.24. The third-order valence-corrected chi connectivity index (χ3v) is 7.66. The van der Waals surface area contributed by atoms with Crippen molar-refractivity contribution in [3.63, 3.8) is 0 Å². The predicted molar refractivity (Wildman–Crippen MR) is 116 cm³/mol. The van der Waals surface area contributed by atoms with Crippen molar-refractivity contribution in [1.29, 1.82) is 0 Å². The fraction of sp³-hybridized carbons (Fsp3) is 0.750. The van der Waals surface area contributed by atoms with E-state index in [4.69, 9.17) is 10.0 Å². The van der Waals surface area contributed by atoms with E-state index in [1.807, 2.05) is 0 Å². The highest BCUT2D eigenvalue weighted by Crippen LogP contribution is 2.43. The summed E-state index contributed by atoms with van der Waals surface area (Å²) in [6.07, 6.45) is 13.7. The Morgan fingerprint density at radius 2 is 1.53 bits per heavy atom. The second-order valence-electron chi connectivity index (χ2n) is 9.76. The van der Waals surface area contributed by atoms with Crippen molar-refractivity contribution >= 4 is 7.32 Å². The molecule has 2 aliphatic rings. The molecule has 0 heterocycles. The Morgan fingerprint density at radius 3 is 2.07 bits per heavy atom. The molecule has 0 radical (unpaired) electrons. The molecule has 0 bridgehead atoms. The van der Waals surface area contributed by atoms with Gasteiger partial charge in [0.2, 0.25) is 0 Å². The van der Waals surface area contributed by atoms with Crippen LogP contribution in [0.15, 0.2) is 12.1 Å². The van der Waals surface area contributed by atoms with Gasteiger partial charge in [0, 0.05) is 0 Å². The lowest BCUT2D eigenvalue weighted by molar-refractivity contribution is 0.169. The molecule has 3 nitrogen and oxygen atoms in total. The highest BCUT2D eigenvalue weighted by Gasteiger charge is 2.30. The quantitative estimate of drug-likeness (QED) is 0.489. The molecule has 0 spiro atoms. The van der Waals surface area contributed by atoms with E-state index in [0.717, 1.165) is 43.4 Å². The molecule has 1 unspecified atom stereocenters. The largest absolute Gasteiger partial charge is 0.707 e. The number of rotatable bonds is 8. The van der Waals surface area contributed by atoms with Crippen molar-refractivity contribution in [1.82, 2.24) is 0 Å². The molecule has 0 aliphatic heterocycles. The smallest absolute Gasteiger partial charge is 0.508 e. The van der Waals surface area contributed by atoms with Crippen LogP contribution >= 0.6 is 0 Å². The SMILES string of the molecule is CCCC1CCC(C(C)CC2CCC(c3cc(F)c(OB(O)O)c(F)c3)CC2)CC1. The monoisotopic (exact) mass is 422 g/mol. The first kappa shape index (κ1) is 23.5. The maximum atomic E-state index is 14.2. The van der Waals surface area contributed by atoms with Crippen molar-refractivity contribution in [2.45, 2.75) is 90.4 Å². The highest BCUT2D eigenvalue weighted by molar-refractivity contribution is 6.33. The Kier molecular flexibility index (Phi) is 8.58. The zero-order valence-electron chi connectivity index (χ0n) is 18.5. The Balaban J connectivity index is 1.48. The fourth-order valence-electron chi connectivity index (χ4n) is 5.94. The van der Waals surface area contributed by atoms with Crippen molar-refractivity contribution in [3.8, 4) is 5.75 Å². The summed E-state index contributed by atoms with van der Waals surface area (Å²) in [7, 11) is -2.24. The molecule has 3 rings (SSSR count). The molecule has 2 N–H and O–H groups in total. The normalized spacial score (nSPS) is 28.2. The summed E-state index contributed by atoms with van der Waals surface area (Å²) in [6.45, 7) is 4.71. The van der Waals surface area contributed by atoms with Gasteiger partial charge in [-0.05, 0) is 92.2 Å². The Hall–Kier alpha value is -1.14.